The van der Waals surface area contributed by atoms with Crippen molar-refractivity contribution in [2.45, 2.75) is 40.0 Å². The summed E-state index contributed by atoms with van der Waals surface area (Å²) in [6.07, 6.45) is 0. The summed E-state index contributed by atoms with van der Waals surface area (Å²) in [6.45, 7) is 9.72. The Balaban J connectivity index is 2.18. The molecule has 0 aliphatic carbocycles. The van der Waals surface area contributed by atoms with Crippen molar-refractivity contribution in [2.24, 2.45) is 0 Å². The summed E-state index contributed by atoms with van der Waals surface area (Å²) in [4.78, 5) is 16.6. The van der Waals surface area contributed by atoms with E-state index in [2.05, 4.69) is 36.2 Å². The normalized spacial score (nSPS) is 11.6. The predicted octanol–water partition coefficient (Wildman–Crippen LogP) is 3.30. The van der Waals surface area contributed by atoms with Crippen molar-refractivity contribution in [1.82, 2.24) is 10.1 Å². The minimum absolute atomic E-state index is 0.0253. The molecule has 0 saturated carbocycles. The van der Waals surface area contributed by atoms with Gasteiger partial charge in [-0.25, -0.2) is 4.98 Å². The quantitative estimate of drug-likeness (QED) is 0.915. The second-order valence-electron chi connectivity index (χ2n) is 5.44. The molecule has 0 aliphatic heterocycles. The first-order valence-electron chi connectivity index (χ1n) is 5.99. The van der Waals surface area contributed by atoms with Crippen molar-refractivity contribution >= 4 is 22.4 Å². The molecule has 1 N–H and O–H groups in total. The predicted molar refractivity (Wildman–Crippen MR) is 74.7 cm³/mol. The van der Waals surface area contributed by atoms with E-state index in [1.807, 2.05) is 5.38 Å². The monoisotopic (exact) mass is 279 g/mol. The molecule has 0 radical (unpaired) electrons. The van der Waals surface area contributed by atoms with Crippen LogP contribution in [0, 0.1) is 13.8 Å². The summed E-state index contributed by atoms with van der Waals surface area (Å²) in [5.74, 6) is 0.286. The highest BCUT2D eigenvalue weighted by atomic mass is 32.1. The molecule has 0 aliphatic rings. The van der Waals surface area contributed by atoms with Crippen LogP contribution in [0.3, 0.4) is 0 Å². The SMILES string of the molecule is Cc1noc(C)c1C(=O)Nc1nc(C(C)(C)C)cs1. The van der Waals surface area contributed by atoms with Crippen molar-refractivity contribution in [3.8, 4) is 0 Å². The number of anilines is 1. The standard InChI is InChI=1S/C13H17N3O2S/c1-7-10(8(2)18-16-7)11(17)15-12-14-9(6-19-12)13(3,4)5/h6H,1-5H3,(H,14,15,17). The third kappa shape index (κ3) is 2.84. The Kier molecular flexibility index (Phi) is 3.45. The van der Waals surface area contributed by atoms with Gasteiger partial charge in [0.15, 0.2) is 5.13 Å². The minimum Gasteiger partial charge on any atom is -0.361 e. The van der Waals surface area contributed by atoms with Gasteiger partial charge in [0.05, 0.1) is 11.4 Å². The fourth-order valence-electron chi connectivity index (χ4n) is 1.64. The maximum Gasteiger partial charge on any atom is 0.262 e. The Bertz CT molecular complexity index is 588. The van der Waals surface area contributed by atoms with E-state index in [1.54, 1.807) is 13.8 Å². The van der Waals surface area contributed by atoms with Gasteiger partial charge in [-0.1, -0.05) is 25.9 Å². The van der Waals surface area contributed by atoms with Crippen molar-refractivity contribution < 1.29 is 9.32 Å². The number of nitrogens with one attached hydrogen (secondary N) is 1. The lowest BCUT2D eigenvalue weighted by Crippen LogP contribution is -2.15. The molecule has 0 spiro atoms. The number of carbonyl (C=O) groups is 1. The third-order valence-corrected chi connectivity index (χ3v) is 3.51. The number of amides is 1. The molecule has 6 heteroatoms. The smallest absolute Gasteiger partial charge is 0.262 e. The van der Waals surface area contributed by atoms with E-state index in [1.165, 1.54) is 11.3 Å². The molecule has 2 aromatic heterocycles. The van der Waals surface area contributed by atoms with Crippen LogP contribution in [0.1, 0.15) is 48.3 Å². The summed E-state index contributed by atoms with van der Waals surface area (Å²) < 4.78 is 4.99. The Morgan fingerprint density at radius 1 is 1.37 bits per heavy atom. The van der Waals surface area contributed by atoms with Gasteiger partial charge in [0.2, 0.25) is 0 Å². The summed E-state index contributed by atoms with van der Waals surface area (Å²) in [5.41, 5.74) is 2.00. The largest absolute Gasteiger partial charge is 0.361 e. The maximum absolute atomic E-state index is 12.1. The van der Waals surface area contributed by atoms with Gasteiger partial charge in [-0.2, -0.15) is 0 Å². The molecule has 0 atom stereocenters. The van der Waals surface area contributed by atoms with E-state index < -0.39 is 0 Å². The molecule has 5 nitrogen and oxygen atoms in total. The lowest BCUT2D eigenvalue weighted by Gasteiger charge is -2.14. The number of thiazole rings is 1. The molecule has 0 bridgehead atoms. The zero-order valence-electron chi connectivity index (χ0n) is 11.7. The van der Waals surface area contributed by atoms with Crippen LogP contribution in [0.4, 0.5) is 5.13 Å². The van der Waals surface area contributed by atoms with Crippen LogP contribution >= 0.6 is 11.3 Å². The molecule has 0 aromatic carbocycles. The Hall–Kier alpha value is -1.69. The second-order valence-corrected chi connectivity index (χ2v) is 6.30. The Morgan fingerprint density at radius 2 is 2.05 bits per heavy atom. The molecule has 2 heterocycles. The Morgan fingerprint density at radius 3 is 2.53 bits per heavy atom. The fourth-order valence-corrected chi connectivity index (χ4v) is 2.57. The minimum atomic E-state index is -0.231. The van der Waals surface area contributed by atoms with Crippen molar-refractivity contribution in [3.05, 3.63) is 28.1 Å². The average molecular weight is 279 g/mol. The lowest BCUT2D eigenvalue weighted by molar-refractivity contribution is 0.102. The molecule has 0 unspecified atom stereocenters. The lowest BCUT2D eigenvalue weighted by atomic mass is 9.93. The first kappa shape index (κ1) is 13.7. The van der Waals surface area contributed by atoms with E-state index >= 15 is 0 Å². The maximum atomic E-state index is 12.1. The zero-order chi connectivity index (χ0) is 14.2. The molecule has 2 aromatic rings. The molecule has 1 amide bonds. The van der Waals surface area contributed by atoms with Gasteiger partial charge in [-0.15, -0.1) is 11.3 Å². The van der Waals surface area contributed by atoms with Gasteiger partial charge in [0.25, 0.3) is 5.91 Å². The van der Waals surface area contributed by atoms with E-state index in [0.717, 1.165) is 5.69 Å². The first-order valence-corrected chi connectivity index (χ1v) is 6.87. The average Bonchev–Trinajstić information content (AvgIpc) is 2.85. The molecule has 0 saturated heterocycles. The molecular formula is C13H17N3O2S. The van der Waals surface area contributed by atoms with Crippen molar-refractivity contribution in [3.63, 3.8) is 0 Å². The summed E-state index contributed by atoms with van der Waals surface area (Å²) >= 11 is 1.42. The van der Waals surface area contributed by atoms with Gasteiger partial charge < -0.3 is 4.52 Å². The van der Waals surface area contributed by atoms with Crippen LogP contribution in [-0.2, 0) is 5.41 Å². The van der Waals surface area contributed by atoms with Crippen LogP contribution in [0.15, 0.2) is 9.90 Å². The Labute approximate surface area is 116 Å². The number of hydrogen-bond acceptors (Lipinski definition) is 5. The van der Waals surface area contributed by atoms with Gasteiger partial charge in [-0.3, -0.25) is 10.1 Å². The fraction of sp³-hybridized carbons (Fsp3) is 0.462. The number of rotatable bonds is 2. The van der Waals surface area contributed by atoms with Crippen LogP contribution < -0.4 is 5.32 Å². The highest BCUT2D eigenvalue weighted by Crippen LogP contribution is 2.27. The van der Waals surface area contributed by atoms with Crippen molar-refractivity contribution in [2.75, 3.05) is 5.32 Å². The number of aryl methyl sites for hydroxylation is 2. The number of aromatic nitrogens is 2. The topological polar surface area (TPSA) is 68.0 Å². The number of carbonyl (C=O) groups excluding carboxylic acids is 1. The van der Waals surface area contributed by atoms with Crippen molar-refractivity contribution in [1.29, 1.82) is 0 Å². The molecule has 0 fully saturated rings. The van der Waals surface area contributed by atoms with E-state index in [-0.39, 0.29) is 11.3 Å². The molecule has 19 heavy (non-hydrogen) atoms. The van der Waals surface area contributed by atoms with Crippen LogP contribution in [0.5, 0.6) is 0 Å². The summed E-state index contributed by atoms with van der Waals surface area (Å²) in [5, 5.41) is 9.11. The highest BCUT2D eigenvalue weighted by molar-refractivity contribution is 7.14. The van der Waals surface area contributed by atoms with Gasteiger partial charge in [-0.05, 0) is 13.8 Å². The second kappa shape index (κ2) is 4.77. The van der Waals surface area contributed by atoms with Gasteiger partial charge in [0, 0.05) is 10.8 Å². The van der Waals surface area contributed by atoms with Crippen LogP contribution in [-0.4, -0.2) is 16.0 Å². The van der Waals surface area contributed by atoms with E-state index in [0.29, 0.717) is 22.1 Å². The number of nitrogens with zero attached hydrogens (tertiary/aromatic N) is 2. The molecular weight excluding hydrogens is 262 g/mol. The third-order valence-electron chi connectivity index (χ3n) is 2.75. The number of hydrogen-bond donors (Lipinski definition) is 1. The molecule has 2 rings (SSSR count). The van der Waals surface area contributed by atoms with Gasteiger partial charge in [0.1, 0.15) is 11.3 Å². The summed E-state index contributed by atoms with van der Waals surface area (Å²) in [7, 11) is 0. The summed E-state index contributed by atoms with van der Waals surface area (Å²) in [6, 6.07) is 0. The highest BCUT2D eigenvalue weighted by Gasteiger charge is 2.21. The first-order chi connectivity index (χ1) is 8.79. The zero-order valence-corrected chi connectivity index (χ0v) is 12.5. The molecule has 102 valence electrons. The van der Waals surface area contributed by atoms with Crippen LogP contribution in [0.25, 0.3) is 0 Å². The van der Waals surface area contributed by atoms with E-state index in [9.17, 15) is 4.79 Å². The van der Waals surface area contributed by atoms with Crippen LogP contribution in [0.2, 0.25) is 0 Å². The van der Waals surface area contributed by atoms with E-state index in [4.69, 9.17) is 4.52 Å². The van der Waals surface area contributed by atoms with Gasteiger partial charge >= 0.3 is 0 Å².